The Morgan fingerprint density at radius 2 is 2.25 bits per heavy atom. The van der Waals surface area contributed by atoms with Crippen molar-refractivity contribution < 1.29 is 5.11 Å². The van der Waals surface area contributed by atoms with E-state index in [-0.39, 0.29) is 12.6 Å². The Labute approximate surface area is 96.1 Å². The lowest BCUT2D eigenvalue weighted by atomic mass is 10.2. The quantitative estimate of drug-likeness (QED) is 0.818. The third kappa shape index (κ3) is 1.59. The molecule has 2 aliphatic rings. The van der Waals surface area contributed by atoms with E-state index in [9.17, 15) is 5.11 Å². The summed E-state index contributed by atoms with van der Waals surface area (Å²) in [5.41, 5.74) is 2.70. The van der Waals surface area contributed by atoms with E-state index in [1.807, 2.05) is 0 Å². The predicted molar refractivity (Wildman–Crippen MR) is 63.7 cm³/mol. The number of rotatable bonds is 2. The van der Waals surface area contributed by atoms with Gasteiger partial charge < -0.3 is 10.0 Å². The molecule has 1 saturated heterocycles. The molecule has 0 saturated carbocycles. The first-order valence-corrected chi connectivity index (χ1v) is 6.25. The Morgan fingerprint density at radius 3 is 3.12 bits per heavy atom. The van der Waals surface area contributed by atoms with Crippen LogP contribution in [0.15, 0.2) is 12.1 Å². The van der Waals surface area contributed by atoms with Crippen molar-refractivity contribution in [3.8, 4) is 0 Å². The number of aliphatic hydroxyl groups excluding tert-OH is 1. The van der Waals surface area contributed by atoms with Gasteiger partial charge >= 0.3 is 0 Å². The fourth-order valence-corrected chi connectivity index (χ4v) is 2.90. The van der Waals surface area contributed by atoms with Crippen LogP contribution in [-0.4, -0.2) is 29.3 Å². The summed E-state index contributed by atoms with van der Waals surface area (Å²) >= 11 is 0. The molecule has 1 aliphatic carbocycles. The van der Waals surface area contributed by atoms with Crippen LogP contribution in [0, 0.1) is 0 Å². The number of nitrogens with zero attached hydrogens (tertiary/aromatic N) is 2. The summed E-state index contributed by atoms with van der Waals surface area (Å²) in [7, 11) is 0. The van der Waals surface area contributed by atoms with Crippen molar-refractivity contribution in [3.05, 3.63) is 23.4 Å². The van der Waals surface area contributed by atoms with E-state index in [1.165, 1.54) is 30.5 Å². The number of fused-ring (bicyclic) bond motifs is 1. The topological polar surface area (TPSA) is 36.4 Å². The van der Waals surface area contributed by atoms with Crippen molar-refractivity contribution in [2.24, 2.45) is 0 Å². The van der Waals surface area contributed by atoms with Gasteiger partial charge in [0.15, 0.2) is 0 Å². The van der Waals surface area contributed by atoms with Crippen molar-refractivity contribution in [3.63, 3.8) is 0 Å². The van der Waals surface area contributed by atoms with Crippen LogP contribution in [0.3, 0.4) is 0 Å². The smallest absolute Gasteiger partial charge is 0.129 e. The van der Waals surface area contributed by atoms with Gasteiger partial charge in [-0.25, -0.2) is 4.98 Å². The van der Waals surface area contributed by atoms with Crippen LogP contribution in [0.25, 0.3) is 0 Å². The first-order valence-electron chi connectivity index (χ1n) is 6.25. The highest BCUT2D eigenvalue weighted by atomic mass is 16.3. The highest BCUT2D eigenvalue weighted by Gasteiger charge is 2.25. The summed E-state index contributed by atoms with van der Waals surface area (Å²) in [6.45, 7) is 1.29. The molecule has 3 heteroatoms. The van der Waals surface area contributed by atoms with E-state index in [2.05, 4.69) is 17.0 Å². The van der Waals surface area contributed by atoms with Gasteiger partial charge in [0.1, 0.15) is 5.82 Å². The number of aromatic nitrogens is 1. The minimum atomic E-state index is 0.249. The average Bonchev–Trinajstić information content (AvgIpc) is 2.96. The molecular formula is C13H18N2O. The van der Waals surface area contributed by atoms with Gasteiger partial charge in [0.05, 0.1) is 12.6 Å². The maximum atomic E-state index is 9.32. The van der Waals surface area contributed by atoms with Gasteiger partial charge in [0.25, 0.3) is 0 Å². The van der Waals surface area contributed by atoms with Gasteiger partial charge in [-0.15, -0.1) is 0 Å². The predicted octanol–water partition coefficient (Wildman–Crippen LogP) is 1.53. The number of aliphatic hydroxyl groups is 1. The SMILES string of the molecule is OCC1CCCN1c1ccc2c(n1)CCC2. The van der Waals surface area contributed by atoms with Crippen molar-refractivity contribution in [2.75, 3.05) is 18.1 Å². The van der Waals surface area contributed by atoms with E-state index in [0.717, 1.165) is 25.2 Å². The fourth-order valence-electron chi connectivity index (χ4n) is 2.90. The molecule has 1 atom stereocenters. The van der Waals surface area contributed by atoms with E-state index >= 15 is 0 Å². The molecule has 2 heterocycles. The van der Waals surface area contributed by atoms with Crippen molar-refractivity contribution in [2.45, 2.75) is 38.1 Å². The van der Waals surface area contributed by atoms with Gasteiger partial charge in [-0.2, -0.15) is 0 Å². The lowest BCUT2D eigenvalue weighted by Crippen LogP contribution is -2.32. The van der Waals surface area contributed by atoms with Gasteiger partial charge in [0.2, 0.25) is 0 Å². The number of hydrogen-bond donors (Lipinski definition) is 1. The fraction of sp³-hybridized carbons (Fsp3) is 0.615. The Bertz CT molecular complexity index is 392. The van der Waals surface area contributed by atoms with Crippen molar-refractivity contribution >= 4 is 5.82 Å². The summed E-state index contributed by atoms with van der Waals surface area (Å²) in [4.78, 5) is 7.01. The third-order valence-electron chi connectivity index (χ3n) is 3.80. The van der Waals surface area contributed by atoms with Crippen LogP contribution in [0.5, 0.6) is 0 Å². The van der Waals surface area contributed by atoms with E-state index in [0.29, 0.717) is 0 Å². The van der Waals surface area contributed by atoms with Crippen LogP contribution in [0.1, 0.15) is 30.5 Å². The summed E-state index contributed by atoms with van der Waals surface area (Å²) in [5.74, 6) is 1.07. The molecule has 0 aromatic carbocycles. The first kappa shape index (κ1) is 10.1. The second-order valence-corrected chi connectivity index (χ2v) is 4.80. The van der Waals surface area contributed by atoms with E-state index in [4.69, 9.17) is 4.98 Å². The Morgan fingerprint density at radius 1 is 1.31 bits per heavy atom. The summed E-state index contributed by atoms with van der Waals surface area (Å²) in [6.07, 6.45) is 5.82. The van der Waals surface area contributed by atoms with Gasteiger partial charge in [-0.1, -0.05) is 6.07 Å². The summed E-state index contributed by atoms with van der Waals surface area (Å²) in [6, 6.07) is 4.63. The Balaban J connectivity index is 1.89. The van der Waals surface area contributed by atoms with Gasteiger partial charge in [0, 0.05) is 12.2 Å². The second-order valence-electron chi connectivity index (χ2n) is 4.80. The maximum Gasteiger partial charge on any atom is 0.129 e. The largest absolute Gasteiger partial charge is 0.394 e. The molecule has 1 N–H and O–H groups in total. The van der Waals surface area contributed by atoms with Crippen LogP contribution >= 0.6 is 0 Å². The molecule has 1 aliphatic heterocycles. The van der Waals surface area contributed by atoms with Crippen LogP contribution in [0.2, 0.25) is 0 Å². The molecule has 3 rings (SSSR count). The lowest BCUT2D eigenvalue weighted by molar-refractivity contribution is 0.266. The molecule has 0 spiro atoms. The molecule has 86 valence electrons. The number of pyridine rings is 1. The molecule has 0 amide bonds. The molecule has 16 heavy (non-hydrogen) atoms. The van der Waals surface area contributed by atoms with Crippen LogP contribution in [0.4, 0.5) is 5.82 Å². The molecular weight excluding hydrogens is 200 g/mol. The molecule has 1 unspecified atom stereocenters. The van der Waals surface area contributed by atoms with Gasteiger partial charge in [-0.05, 0) is 43.7 Å². The summed E-state index contributed by atoms with van der Waals surface area (Å²) in [5, 5.41) is 9.32. The highest BCUT2D eigenvalue weighted by Crippen LogP contribution is 2.27. The van der Waals surface area contributed by atoms with E-state index < -0.39 is 0 Å². The first-order chi connectivity index (χ1) is 7.88. The molecule has 1 aromatic rings. The van der Waals surface area contributed by atoms with Crippen LogP contribution < -0.4 is 4.90 Å². The highest BCUT2D eigenvalue weighted by molar-refractivity contribution is 5.45. The van der Waals surface area contributed by atoms with Crippen molar-refractivity contribution in [1.29, 1.82) is 0 Å². The monoisotopic (exact) mass is 218 g/mol. The zero-order chi connectivity index (χ0) is 11.0. The lowest BCUT2D eigenvalue weighted by Gasteiger charge is -2.24. The van der Waals surface area contributed by atoms with Gasteiger partial charge in [-0.3, -0.25) is 0 Å². The van der Waals surface area contributed by atoms with Crippen LogP contribution in [-0.2, 0) is 12.8 Å². The van der Waals surface area contributed by atoms with Crippen molar-refractivity contribution in [1.82, 2.24) is 4.98 Å². The number of hydrogen-bond acceptors (Lipinski definition) is 3. The standard InChI is InChI=1S/C13H18N2O/c16-9-11-4-2-8-15(11)13-7-6-10-3-1-5-12(10)14-13/h6-7,11,16H,1-5,8-9H2. The maximum absolute atomic E-state index is 9.32. The van der Waals surface area contributed by atoms with E-state index in [1.54, 1.807) is 0 Å². The average molecular weight is 218 g/mol. The zero-order valence-electron chi connectivity index (χ0n) is 9.52. The minimum absolute atomic E-state index is 0.249. The molecule has 0 radical (unpaired) electrons. The Hall–Kier alpha value is -1.09. The second kappa shape index (κ2) is 4.06. The molecule has 1 fully saturated rings. The molecule has 1 aromatic heterocycles. The Kier molecular flexibility index (Phi) is 2.56. The zero-order valence-corrected chi connectivity index (χ0v) is 9.52. The summed E-state index contributed by atoms with van der Waals surface area (Å²) < 4.78 is 0. The number of anilines is 1. The number of aryl methyl sites for hydroxylation is 2. The normalized spacial score (nSPS) is 23.8. The molecule has 3 nitrogen and oxygen atoms in total. The third-order valence-corrected chi connectivity index (χ3v) is 3.80. The molecule has 0 bridgehead atoms. The minimum Gasteiger partial charge on any atom is -0.394 e.